The van der Waals surface area contributed by atoms with Gasteiger partial charge < -0.3 is 15.3 Å². The van der Waals surface area contributed by atoms with Gasteiger partial charge in [0.05, 0.1) is 17.4 Å². The molecule has 1 saturated heterocycles. The van der Waals surface area contributed by atoms with Crippen LogP contribution in [0, 0.1) is 11.8 Å². The van der Waals surface area contributed by atoms with E-state index in [9.17, 15) is 18.0 Å². The highest BCUT2D eigenvalue weighted by Crippen LogP contribution is 2.21. The van der Waals surface area contributed by atoms with Crippen molar-refractivity contribution in [2.75, 3.05) is 31.1 Å². The van der Waals surface area contributed by atoms with Crippen molar-refractivity contribution >= 4 is 21.8 Å². The number of carboxylic acid groups (broad SMARTS) is 1. The monoisotopic (exact) mass is 318 g/mol. The fraction of sp³-hybridized carbons (Fsp3) is 0.692. The highest BCUT2D eigenvalue weighted by Gasteiger charge is 2.31. The summed E-state index contributed by atoms with van der Waals surface area (Å²) in [5.74, 6) is -1.65. The maximum atomic E-state index is 12.0. The molecule has 1 rings (SSSR count). The van der Waals surface area contributed by atoms with Gasteiger partial charge in [0.1, 0.15) is 0 Å². The highest BCUT2D eigenvalue weighted by molar-refractivity contribution is 7.91. The van der Waals surface area contributed by atoms with Crippen molar-refractivity contribution < 1.29 is 23.1 Å². The molecular formula is C13H22N2O5S. The molecule has 2 unspecified atom stereocenters. The Hall–Kier alpha value is -1.57. The lowest BCUT2D eigenvalue weighted by atomic mass is 9.91. The number of likely N-dealkylation sites (tertiary alicyclic amines) is 1. The van der Waals surface area contributed by atoms with E-state index in [1.807, 2.05) is 6.92 Å². The zero-order valence-electron chi connectivity index (χ0n) is 12.1. The molecule has 1 aliphatic heterocycles. The molecule has 2 atom stereocenters. The molecule has 0 aromatic rings. The van der Waals surface area contributed by atoms with Crippen LogP contribution in [0.15, 0.2) is 12.7 Å². The van der Waals surface area contributed by atoms with Crippen molar-refractivity contribution in [2.24, 2.45) is 11.8 Å². The maximum Gasteiger partial charge on any atom is 0.317 e. The number of hydrogen-bond donors (Lipinski definition) is 2. The molecule has 0 spiro atoms. The number of piperidine rings is 1. The first-order valence-electron chi connectivity index (χ1n) is 6.82. The third kappa shape index (κ3) is 5.74. The maximum absolute atomic E-state index is 12.0. The second-order valence-electron chi connectivity index (χ2n) is 5.42. The smallest absolute Gasteiger partial charge is 0.317 e. The molecule has 120 valence electrons. The Labute approximate surface area is 124 Å². The quantitative estimate of drug-likeness (QED) is 0.687. The Morgan fingerprint density at radius 2 is 2.10 bits per heavy atom. The number of carbonyl (C=O) groups is 2. The average Bonchev–Trinajstić information content (AvgIpc) is 2.37. The van der Waals surface area contributed by atoms with E-state index in [2.05, 4.69) is 11.9 Å². The molecule has 2 N–H and O–H groups in total. The molecule has 0 bridgehead atoms. The number of rotatable bonds is 6. The molecule has 8 heteroatoms. The van der Waals surface area contributed by atoms with E-state index in [1.165, 1.54) is 11.0 Å². The first-order valence-corrected chi connectivity index (χ1v) is 8.64. The fourth-order valence-corrected chi connectivity index (χ4v) is 3.32. The fourth-order valence-electron chi connectivity index (χ4n) is 2.38. The summed E-state index contributed by atoms with van der Waals surface area (Å²) in [7, 11) is -3.24. The Bertz CT molecular complexity index is 503. The molecule has 2 amide bonds. The minimum Gasteiger partial charge on any atom is -0.481 e. The van der Waals surface area contributed by atoms with Gasteiger partial charge in [0, 0.05) is 19.6 Å². The standard InChI is InChI=1S/C13H22N2O5S/c1-3-5-21(19,20)6-4-14-13(18)15-8-10(2)7-11(9-15)12(16)17/h3,10-11H,1,4-9H2,2H3,(H,14,18)(H,16,17). The van der Waals surface area contributed by atoms with Crippen molar-refractivity contribution in [1.29, 1.82) is 0 Å². The van der Waals surface area contributed by atoms with Gasteiger partial charge >= 0.3 is 12.0 Å². The van der Waals surface area contributed by atoms with Gasteiger partial charge in [-0.1, -0.05) is 13.0 Å². The summed E-state index contributed by atoms with van der Waals surface area (Å²) in [5.41, 5.74) is 0. The van der Waals surface area contributed by atoms with Crippen LogP contribution in [0.2, 0.25) is 0 Å². The van der Waals surface area contributed by atoms with Crippen LogP contribution in [0.25, 0.3) is 0 Å². The third-order valence-electron chi connectivity index (χ3n) is 3.36. The van der Waals surface area contributed by atoms with Gasteiger partial charge in [-0.2, -0.15) is 0 Å². The molecular weight excluding hydrogens is 296 g/mol. The molecule has 7 nitrogen and oxygen atoms in total. The van der Waals surface area contributed by atoms with E-state index >= 15 is 0 Å². The molecule has 21 heavy (non-hydrogen) atoms. The zero-order chi connectivity index (χ0) is 16.0. The Morgan fingerprint density at radius 1 is 1.43 bits per heavy atom. The number of nitrogens with one attached hydrogen (secondary N) is 1. The van der Waals surface area contributed by atoms with Gasteiger partial charge in [0.25, 0.3) is 0 Å². The lowest BCUT2D eigenvalue weighted by molar-refractivity contribution is -0.143. The molecule has 1 fully saturated rings. The van der Waals surface area contributed by atoms with Gasteiger partial charge in [-0.05, 0) is 12.3 Å². The minimum atomic E-state index is -3.24. The topological polar surface area (TPSA) is 104 Å². The molecule has 0 aliphatic carbocycles. The van der Waals surface area contributed by atoms with Gasteiger partial charge in [-0.25, -0.2) is 13.2 Å². The van der Waals surface area contributed by atoms with Crippen molar-refractivity contribution in [1.82, 2.24) is 10.2 Å². The number of sulfone groups is 1. The largest absolute Gasteiger partial charge is 0.481 e. The van der Waals surface area contributed by atoms with Crippen molar-refractivity contribution in [3.8, 4) is 0 Å². The Morgan fingerprint density at radius 3 is 2.67 bits per heavy atom. The Balaban J connectivity index is 2.48. The van der Waals surface area contributed by atoms with Crippen LogP contribution in [0.5, 0.6) is 0 Å². The van der Waals surface area contributed by atoms with Gasteiger partial charge in [0.2, 0.25) is 0 Å². The van der Waals surface area contributed by atoms with Crippen LogP contribution in [0.3, 0.4) is 0 Å². The second kappa shape index (κ2) is 7.44. The van der Waals surface area contributed by atoms with Crippen LogP contribution in [0.4, 0.5) is 4.79 Å². The molecule has 1 aliphatic rings. The summed E-state index contributed by atoms with van der Waals surface area (Å²) in [6.45, 7) is 5.91. The van der Waals surface area contributed by atoms with Crippen LogP contribution >= 0.6 is 0 Å². The predicted octanol–water partition coefficient (Wildman–Crippen LogP) is 0.339. The normalized spacial score (nSPS) is 22.6. The van der Waals surface area contributed by atoms with Gasteiger partial charge in [-0.3, -0.25) is 4.79 Å². The average molecular weight is 318 g/mol. The van der Waals surface area contributed by atoms with E-state index in [0.29, 0.717) is 13.0 Å². The summed E-state index contributed by atoms with van der Waals surface area (Å²) in [5, 5.41) is 11.6. The van der Waals surface area contributed by atoms with E-state index in [-0.39, 0.29) is 30.5 Å². The molecule has 1 heterocycles. The summed E-state index contributed by atoms with van der Waals surface area (Å²) < 4.78 is 22.9. The minimum absolute atomic E-state index is 0.0115. The van der Waals surface area contributed by atoms with E-state index in [4.69, 9.17) is 5.11 Å². The van der Waals surface area contributed by atoms with E-state index in [1.54, 1.807) is 0 Å². The number of nitrogens with zero attached hydrogens (tertiary/aromatic N) is 1. The number of urea groups is 1. The van der Waals surface area contributed by atoms with Crippen LogP contribution < -0.4 is 5.32 Å². The third-order valence-corrected chi connectivity index (χ3v) is 4.93. The zero-order valence-corrected chi connectivity index (χ0v) is 12.9. The summed E-state index contributed by atoms with van der Waals surface area (Å²) >= 11 is 0. The number of carbonyl (C=O) groups excluding carboxylic acids is 1. The van der Waals surface area contributed by atoms with Gasteiger partial charge in [0.15, 0.2) is 9.84 Å². The summed E-state index contributed by atoms with van der Waals surface area (Å²) in [6, 6.07) is -0.415. The van der Waals surface area contributed by atoms with Crippen LogP contribution in [0.1, 0.15) is 13.3 Å². The first-order chi connectivity index (χ1) is 9.75. The summed E-state index contributed by atoms with van der Waals surface area (Å²) in [6.07, 6.45) is 1.85. The number of hydrogen-bond acceptors (Lipinski definition) is 4. The Kier molecular flexibility index (Phi) is 6.19. The highest BCUT2D eigenvalue weighted by atomic mass is 32.2. The summed E-state index contributed by atoms with van der Waals surface area (Å²) in [4.78, 5) is 24.4. The SMILES string of the molecule is C=CCS(=O)(=O)CCNC(=O)N1CC(C)CC(C(=O)O)C1. The van der Waals surface area contributed by atoms with Crippen molar-refractivity contribution in [2.45, 2.75) is 13.3 Å². The van der Waals surface area contributed by atoms with Crippen molar-refractivity contribution in [3.63, 3.8) is 0 Å². The van der Waals surface area contributed by atoms with E-state index in [0.717, 1.165) is 0 Å². The molecule has 0 radical (unpaired) electrons. The molecule has 0 aromatic heterocycles. The van der Waals surface area contributed by atoms with Crippen LogP contribution in [-0.4, -0.2) is 61.6 Å². The number of aliphatic carboxylic acids is 1. The lowest BCUT2D eigenvalue weighted by Gasteiger charge is -2.34. The van der Waals surface area contributed by atoms with Crippen molar-refractivity contribution in [3.05, 3.63) is 12.7 Å². The lowest BCUT2D eigenvalue weighted by Crippen LogP contribution is -2.50. The predicted molar refractivity (Wildman–Crippen MR) is 78.7 cm³/mol. The molecule has 0 saturated carbocycles. The van der Waals surface area contributed by atoms with E-state index < -0.39 is 27.8 Å². The number of amides is 2. The molecule has 0 aromatic carbocycles. The van der Waals surface area contributed by atoms with Gasteiger partial charge in [-0.15, -0.1) is 6.58 Å². The van der Waals surface area contributed by atoms with Crippen LogP contribution in [-0.2, 0) is 14.6 Å². The first kappa shape index (κ1) is 17.5. The second-order valence-corrected chi connectivity index (χ2v) is 7.64. The number of carboxylic acids is 1.